The molecular weight excluding hydrogens is 104 g/mol. The van der Waals surface area contributed by atoms with Gasteiger partial charge in [-0.05, 0) is 6.92 Å². The number of hydrogen-bond donors (Lipinski definition) is 2. The summed E-state index contributed by atoms with van der Waals surface area (Å²) in [5.41, 5.74) is 10.5. The van der Waals surface area contributed by atoms with E-state index in [0.29, 0.717) is 19.7 Å². The largest absolute Gasteiger partial charge is 0.376 e. The van der Waals surface area contributed by atoms with E-state index in [9.17, 15) is 0 Å². The van der Waals surface area contributed by atoms with Gasteiger partial charge in [-0.2, -0.15) is 0 Å². The van der Waals surface area contributed by atoms with Crippen molar-refractivity contribution in [3.63, 3.8) is 0 Å². The van der Waals surface area contributed by atoms with Crippen LogP contribution in [0.3, 0.4) is 0 Å². The van der Waals surface area contributed by atoms with E-state index in [4.69, 9.17) is 16.2 Å². The van der Waals surface area contributed by atoms with Crippen molar-refractivity contribution in [3.05, 3.63) is 0 Å². The van der Waals surface area contributed by atoms with Crippen LogP contribution >= 0.6 is 0 Å². The highest BCUT2D eigenvalue weighted by molar-refractivity contribution is 4.56. The van der Waals surface area contributed by atoms with Crippen molar-refractivity contribution in [3.8, 4) is 0 Å². The van der Waals surface area contributed by atoms with Crippen LogP contribution in [0, 0.1) is 0 Å². The minimum atomic E-state index is 0.0556. The van der Waals surface area contributed by atoms with Crippen LogP contribution in [0.25, 0.3) is 0 Å². The van der Waals surface area contributed by atoms with Crippen molar-refractivity contribution in [2.45, 2.75) is 13.0 Å². The summed E-state index contributed by atoms with van der Waals surface area (Å²) < 4.78 is 5.09. The molecule has 0 heterocycles. The molecule has 0 aromatic rings. The van der Waals surface area contributed by atoms with Gasteiger partial charge in [-0.1, -0.05) is 0 Å². The lowest BCUT2D eigenvalue weighted by atomic mass is 10.4. The number of rotatable bonds is 4. The highest BCUT2D eigenvalue weighted by atomic mass is 16.5. The highest BCUT2D eigenvalue weighted by Gasteiger charge is 1.99. The van der Waals surface area contributed by atoms with Crippen molar-refractivity contribution in [1.29, 1.82) is 0 Å². The lowest BCUT2D eigenvalue weighted by Gasteiger charge is -2.10. The lowest BCUT2D eigenvalue weighted by molar-refractivity contribution is 0.0752. The third-order valence-electron chi connectivity index (χ3n) is 0.928. The fraction of sp³-hybridized carbons (Fsp3) is 1.00. The molecular formula is C5H14N2O. The van der Waals surface area contributed by atoms with Gasteiger partial charge in [-0.25, -0.2) is 0 Å². The van der Waals surface area contributed by atoms with E-state index in [-0.39, 0.29) is 6.10 Å². The zero-order valence-electron chi connectivity index (χ0n) is 5.26. The van der Waals surface area contributed by atoms with E-state index in [2.05, 4.69) is 0 Å². The van der Waals surface area contributed by atoms with Crippen LogP contribution in [0.15, 0.2) is 0 Å². The van der Waals surface area contributed by atoms with E-state index in [0.717, 1.165) is 0 Å². The van der Waals surface area contributed by atoms with Crippen LogP contribution in [0.5, 0.6) is 0 Å². The van der Waals surface area contributed by atoms with Crippen LogP contribution < -0.4 is 11.5 Å². The van der Waals surface area contributed by atoms with Crippen LogP contribution in [0.1, 0.15) is 6.92 Å². The molecule has 0 bridgehead atoms. The van der Waals surface area contributed by atoms with Crippen LogP contribution in [-0.4, -0.2) is 25.8 Å². The molecule has 0 aliphatic heterocycles. The standard InChI is InChI=1S/C5H14N2O/c1-2-8-5(3-6)4-7/h5H,2-4,6-7H2,1H3. The molecule has 0 aromatic heterocycles. The topological polar surface area (TPSA) is 61.3 Å². The molecule has 3 nitrogen and oxygen atoms in total. The normalized spacial score (nSPS) is 10.5. The maximum Gasteiger partial charge on any atom is 0.0819 e. The highest BCUT2D eigenvalue weighted by Crippen LogP contribution is 1.83. The molecule has 0 saturated heterocycles. The predicted molar refractivity (Wildman–Crippen MR) is 33.5 cm³/mol. The van der Waals surface area contributed by atoms with Gasteiger partial charge in [0, 0.05) is 19.7 Å². The second-order valence-corrected chi connectivity index (χ2v) is 1.55. The summed E-state index contributed by atoms with van der Waals surface area (Å²) in [6.45, 7) is 3.66. The first kappa shape index (κ1) is 7.88. The number of nitrogens with two attached hydrogens (primary N) is 2. The van der Waals surface area contributed by atoms with Gasteiger partial charge in [0.2, 0.25) is 0 Å². The Bertz CT molecular complexity index is 45.7. The summed E-state index contributed by atoms with van der Waals surface area (Å²) in [4.78, 5) is 0. The molecule has 8 heavy (non-hydrogen) atoms. The third-order valence-corrected chi connectivity index (χ3v) is 0.928. The molecule has 0 unspecified atom stereocenters. The summed E-state index contributed by atoms with van der Waals surface area (Å²) >= 11 is 0. The zero-order valence-corrected chi connectivity index (χ0v) is 5.26. The second-order valence-electron chi connectivity index (χ2n) is 1.55. The third kappa shape index (κ3) is 2.96. The summed E-state index contributed by atoms with van der Waals surface area (Å²) in [6, 6.07) is 0. The maximum atomic E-state index is 5.26. The van der Waals surface area contributed by atoms with Crippen molar-refractivity contribution >= 4 is 0 Å². The molecule has 0 fully saturated rings. The Morgan fingerprint density at radius 1 is 1.38 bits per heavy atom. The van der Waals surface area contributed by atoms with Gasteiger partial charge in [0.05, 0.1) is 6.10 Å². The minimum Gasteiger partial charge on any atom is -0.376 e. The monoisotopic (exact) mass is 118 g/mol. The van der Waals surface area contributed by atoms with Crippen molar-refractivity contribution < 1.29 is 4.74 Å². The zero-order chi connectivity index (χ0) is 6.41. The summed E-state index contributed by atoms with van der Waals surface area (Å²) in [6.07, 6.45) is 0.0556. The Labute approximate surface area is 50.0 Å². The van der Waals surface area contributed by atoms with Crippen molar-refractivity contribution in [1.82, 2.24) is 0 Å². The minimum absolute atomic E-state index is 0.0556. The summed E-state index contributed by atoms with van der Waals surface area (Å²) in [7, 11) is 0. The van der Waals surface area contributed by atoms with Gasteiger partial charge < -0.3 is 16.2 Å². The lowest BCUT2D eigenvalue weighted by Crippen LogP contribution is -2.31. The maximum absolute atomic E-state index is 5.26. The fourth-order valence-electron chi connectivity index (χ4n) is 0.468. The van der Waals surface area contributed by atoms with Crippen molar-refractivity contribution in [2.75, 3.05) is 19.7 Å². The molecule has 4 N–H and O–H groups in total. The van der Waals surface area contributed by atoms with E-state index in [1.165, 1.54) is 0 Å². The Kier molecular flexibility index (Phi) is 4.95. The molecule has 0 saturated carbocycles. The molecule has 0 spiro atoms. The molecule has 0 atom stereocenters. The molecule has 0 amide bonds. The molecule has 0 radical (unpaired) electrons. The van der Waals surface area contributed by atoms with E-state index >= 15 is 0 Å². The number of ether oxygens (including phenoxy) is 1. The van der Waals surface area contributed by atoms with Gasteiger partial charge in [-0.15, -0.1) is 0 Å². The van der Waals surface area contributed by atoms with Crippen LogP contribution in [-0.2, 0) is 4.74 Å². The Morgan fingerprint density at radius 3 is 2.00 bits per heavy atom. The van der Waals surface area contributed by atoms with Gasteiger partial charge in [0.1, 0.15) is 0 Å². The first-order valence-electron chi connectivity index (χ1n) is 2.86. The van der Waals surface area contributed by atoms with Gasteiger partial charge >= 0.3 is 0 Å². The summed E-state index contributed by atoms with van der Waals surface area (Å²) in [5.74, 6) is 0. The quantitative estimate of drug-likeness (QED) is 0.513. The van der Waals surface area contributed by atoms with Crippen LogP contribution in [0.2, 0.25) is 0 Å². The van der Waals surface area contributed by atoms with E-state index in [1.807, 2.05) is 6.92 Å². The van der Waals surface area contributed by atoms with Crippen molar-refractivity contribution in [2.24, 2.45) is 11.5 Å². The summed E-state index contributed by atoms with van der Waals surface area (Å²) in [5, 5.41) is 0. The van der Waals surface area contributed by atoms with Gasteiger partial charge in [0.15, 0.2) is 0 Å². The Hall–Kier alpha value is -0.120. The Morgan fingerprint density at radius 2 is 1.88 bits per heavy atom. The SMILES string of the molecule is CCOC(CN)CN. The smallest absolute Gasteiger partial charge is 0.0819 e. The fourth-order valence-corrected chi connectivity index (χ4v) is 0.468. The first-order valence-corrected chi connectivity index (χ1v) is 2.86. The Balaban J connectivity index is 3.07. The molecule has 0 aromatic carbocycles. The van der Waals surface area contributed by atoms with Crippen LogP contribution in [0.4, 0.5) is 0 Å². The molecule has 0 aliphatic carbocycles. The average molecular weight is 118 g/mol. The van der Waals surface area contributed by atoms with E-state index in [1.54, 1.807) is 0 Å². The van der Waals surface area contributed by atoms with Gasteiger partial charge in [0.25, 0.3) is 0 Å². The predicted octanol–water partition coefficient (Wildman–Crippen LogP) is -0.691. The first-order chi connectivity index (χ1) is 3.85. The van der Waals surface area contributed by atoms with Gasteiger partial charge in [-0.3, -0.25) is 0 Å². The van der Waals surface area contributed by atoms with E-state index < -0.39 is 0 Å². The molecule has 0 aliphatic rings. The molecule has 50 valence electrons. The molecule has 3 heteroatoms. The second kappa shape index (κ2) is 5.03. The molecule has 0 rings (SSSR count). The number of hydrogen-bond acceptors (Lipinski definition) is 3. The average Bonchev–Trinajstić information content (AvgIpc) is 1.83.